The van der Waals surface area contributed by atoms with Crippen LogP contribution in [-0.2, 0) is 9.53 Å². The Kier molecular flexibility index (Phi) is 3.89. The number of aliphatic hydroxyl groups excluding tert-OH is 1. The molecule has 0 spiro atoms. The largest absolute Gasteiger partial charge is 0.392 e. The summed E-state index contributed by atoms with van der Waals surface area (Å²) in [7, 11) is 0. The minimum Gasteiger partial charge on any atom is -0.392 e. The van der Waals surface area contributed by atoms with Crippen LogP contribution in [0, 0.1) is 5.92 Å². The minimum absolute atomic E-state index is 0.0177. The highest BCUT2D eigenvalue weighted by Gasteiger charge is 2.31. The van der Waals surface area contributed by atoms with Gasteiger partial charge in [-0.1, -0.05) is 13.8 Å². The highest BCUT2D eigenvalue weighted by atomic mass is 16.5. The van der Waals surface area contributed by atoms with E-state index in [0.29, 0.717) is 19.1 Å². The summed E-state index contributed by atoms with van der Waals surface area (Å²) in [6.07, 6.45) is -0.474. The number of nitrogens with zero attached hydrogens (tertiary/aromatic N) is 1. The first-order valence-corrected chi connectivity index (χ1v) is 5.07. The number of carbonyl (C=O) groups excluding carboxylic acids is 1. The third-order valence-corrected chi connectivity index (χ3v) is 2.47. The molecular formula is C10H19NO3. The van der Waals surface area contributed by atoms with Gasteiger partial charge in [-0.25, -0.2) is 0 Å². The quantitative estimate of drug-likeness (QED) is 0.712. The fourth-order valence-electron chi connectivity index (χ4n) is 1.70. The predicted octanol–water partition coefficient (Wildman–Crippen LogP) is 0.251. The number of hydrogen-bond donors (Lipinski definition) is 1. The molecule has 0 saturated carbocycles. The van der Waals surface area contributed by atoms with Crippen LogP contribution in [0.25, 0.3) is 0 Å². The van der Waals surface area contributed by atoms with Crippen molar-refractivity contribution in [1.82, 2.24) is 4.90 Å². The van der Waals surface area contributed by atoms with Gasteiger partial charge in [0.2, 0.25) is 5.91 Å². The Hall–Kier alpha value is -0.610. The molecule has 2 unspecified atom stereocenters. The first kappa shape index (κ1) is 11.5. The number of morpholine rings is 1. The second-order valence-electron chi connectivity index (χ2n) is 4.22. The Bertz CT molecular complexity index is 204. The van der Waals surface area contributed by atoms with Crippen LogP contribution in [0.3, 0.4) is 0 Å². The van der Waals surface area contributed by atoms with E-state index < -0.39 is 6.10 Å². The van der Waals surface area contributed by atoms with E-state index in [1.165, 1.54) is 0 Å². The highest BCUT2D eigenvalue weighted by molar-refractivity contribution is 5.78. The van der Waals surface area contributed by atoms with Crippen LogP contribution in [0.4, 0.5) is 0 Å². The molecule has 1 saturated heterocycles. The molecule has 1 aliphatic rings. The van der Waals surface area contributed by atoms with Gasteiger partial charge in [0.05, 0.1) is 18.8 Å². The Balaban J connectivity index is 2.66. The maximum absolute atomic E-state index is 11.5. The maximum atomic E-state index is 11.5. The summed E-state index contributed by atoms with van der Waals surface area (Å²) in [4.78, 5) is 13.3. The van der Waals surface area contributed by atoms with E-state index in [9.17, 15) is 9.90 Å². The van der Waals surface area contributed by atoms with Gasteiger partial charge in [0, 0.05) is 6.54 Å². The average molecular weight is 201 g/mol. The molecule has 1 amide bonds. The monoisotopic (exact) mass is 201 g/mol. The van der Waals surface area contributed by atoms with Gasteiger partial charge in [0.25, 0.3) is 0 Å². The van der Waals surface area contributed by atoms with E-state index in [4.69, 9.17) is 4.74 Å². The summed E-state index contributed by atoms with van der Waals surface area (Å²) in [5.41, 5.74) is 0. The molecule has 0 radical (unpaired) electrons. The molecule has 82 valence electrons. The molecule has 4 heteroatoms. The van der Waals surface area contributed by atoms with Crippen molar-refractivity contribution in [2.24, 2.45) is 5.92 Å². The Morgan fingerprint density at radius 1 is 1.57 bits per heavy atom. The molecule has 1 rings (SSSR count). The molecular weight excluding hydrogens is 182 g/mol. The second-order valence-corrected chi connectivity index (χ2v) is 4.22. The predicted molar refractivity (Wildman–Crippen MR) is 52.8 cm³/mol. The van der Waals surface area contributed by atoms with Crippen LogP contribution in [0.5, 0.6) is 0 Å². The number of β-amino-alcohol motifs (C(OH)–C–C–N with tert-alkyl or cyclic N) is 1. The zero-order valence-corrected chi connectivity index (χ0v) is 9.06. The third kappa shape index (κ3) is 2.69. The maximum Gasteiger partial charge on any atom is 0.248 e. The lowest BCUT2D eigenvalue weighted by atomic mass is 10.0. The van der Waals surface area contributed by atoms with Crippen molar-refractivity contribution in [3.05, 3.63) is 0 Å². The fraction of sp³-hybridized carbons (Fsp3) is 0.900. The Morgan fingerprint density at radius 2 is 2.21 bits per heavy atom. The second kappa shape index (κ2) is 4.75. The van der Waals surface area contributed by atoms with Crippen LogP contribution in [0.15, 0.2) is 0 Å². The molecule has 4 nitrogen and oxygen atoms in total. The van der Waals surface area contributed by atoms with Crippen LogP contribution in [0.1, 0.15) is 20.8 Å². The summed E-state index contributed by atoms with van der Waals surface area (Å²) in [6.45, 7) is 6.95. The summed E-state index contributed by atoms with van der Waals surface area (Å²) < 4.78 is 5.19. The molecule has 0 aliphatic carbocycles. The summed E-state index contributed by atoms with van der Waals surface area (Å²) in [6, 6.07) is 0.103. The van der Waals surface area contributed by atoms with E-state index in [2.05, 4.69) is 13.8 Å². The summed E-state index contributed by atoms with van der Waals surface area (Å²) in [5, 5.41) is 9.29. The van der Waals surface area contributed by atoms with Gasteiger partial charge in [0.1, 0.15) is 6.61 Å². The highest BCUT2D eigenvalue weighted by Crippen LogP contribution is 2.16. The topological polar surface area (TPSA) is 49.8 Å². The first-order chi connectivity index (χ1) is 6.52. The molecule has 0 aromatic heterocycles. The van der Waals surface area contributed by atoms with Crippen LogP contribution in [0.2, 0.25) is 0 Å². The van der Waals surface area contributed by atoms with E-state index in [1.807, 2.05) is 0 Å². The standard InChI is InChI=1S/C10H19NO3/c1-7(2)9-5-14-6-10(13)11(9)4-8(3)12/h7-9,12H,4-6H2,1-3H3. The SMILES string of the molecule is CC(O)CN1C(=O)COCC1C(C)C. The van der Waals surface area contributed by atoms with Crippen LogP contribution >= 0.6 is 0 Å². The Labute approximate surface area is 84.8 Å². The van der Waals surface area contributed by atoms with Gasteiger partial charge in [-0.05, 0) is 12.8 Å². The van der Waals surface area contributed by atoms with Crippen molar-refractivity contribution in [2.75, 3.05) is 19.8 Å². The molecule has 0 aromatic rings. The van der Waals surface area contributed by atoms with E-state index in [1.54, 1.807) is 11.8 Å². The van der Waals surface area contributed by atoms with Crippen molar-refractivity contribution in [3.8, 4) is 0 Å². The van der Waals surface area contributed by atoms with Gasteiger partial charge in [0.15, 0.2) is 0 Å². The number of ether oxygens (including phenoxy) is 1. The molecule has 1 heterocycles. The zero-order valence-electron chi connectivity index (χ0n) is 9.06. The molecule has 1 fully saturated rings. The van der Waals surface area contributed by atoms with Gasteiger partial charge < -0.3 is 14.7 Å². The number of amides is 1. The number of carbonyl (C=O) groups is 1. The number of aliphatic hydroxyl groups is 1. The van der Waals surface area contributed by atoms with Crippen LogP contribution < -0.4 is 0 Å². The van der Waals surface area contributed by atoms with Crippen molar-refractivity contribution in [1.29, 1.82) is 0 Å². The Morgan fingerprint density at radius 3 is 2.71 bits per heavy atom. The van der Waals surface area contributed by atoms with Crippen molar-refractivity contribution in [3.63, 3.8) is 0 Å². The molecule has 0 bridgehead atoms. The molecule has 1 N–H and O–H groups in total. The summed E-state index contributed by atoms with van der Waals surface area (Å²) in [5.74, 6) is 0.342. The lowest BCUT2D eigenvalue weighted by molar-refractivity contribution is -0.152. The molecule has 0 aromatic carbocycles. The smallest absolute Gasteiger partial charge is 0.248 e. The van der Waals surface area contributed by atoms with Crippen molar-refractivity contribution in [2.45, 2.75) is 32.9 Å². The van der Waals surface area contributed by atoms with Crippen molar-refractivity contribution < 1.29 is 14.6 Å². The lowest BCUT2D eigenvalue weighted by Gasteiger charge is -2.38. The van der Waals surface area contributed by atoms with E-state index in [0.717, 1.165) is 0 Å². The van der Waals surface area contributed by atoms with Crippen LogP contribution in [-0.4, -0.2) is 47.8 Å². The average Bonchev–Trinajstić information content (AvgIpc) is 2.07. The van der Waals surface area contributed by atoms with Crippen molar-refractivity contribution >= 4 is 5.91 Å². The third-order valence-electron chi connectivity index (χ3n) is 2.47. The summed E-state index contributed by atoms with van der Waals surface area (Å²) >= 11 is 0. The van der Waals surface area contributed by atoms with Gasteiger partial charge in [-0.15, -0.1) is 0 Å². The number of hydrogen-bond acceptors (Lipinski definition) is 3. The lowest BCUT2D eigenvalue weighted by Crippen LogP contribution is -2.53. The van der Waals surface area contributed by atoms with E-state index >= 15 is 0 Å². The van der Waals surface area contributed by atoms with E-state index in [-0.39, 0.29) is 18.6 Å². The van der Waals surface area contributed by atoms with Gasteiger partial charge >= 0.3 is 0 Å². The molecule has 14 heavy (non-hydrogen) atoms. The van der Waals surface area contributed by atoms with Gasteiger partial charge in [-0.2, -0.15) is 0 Å². The molecule has 2 atom stereocenters. The minimum atomic E-state index is -0.474. The fourth-order valence-corrected chi connectivity index (χ4v) is 1.70. The first-order valence-electron chi connectivity index (χ1n) is 5.07. The normalized spacial score (nSPS) is 25.6. The van der Waals surface area contributed by atoms with Gasteiger partial charge in [-0.3, -0.25) is 4.79 Å². The molecule has 1 aliphatic heterocycles. The number of rotatable bonds is 3. The zero-order chi connectivity index (χ0) is 10.7.